The molecule has 0 bridgehead atoms. The summed E-state index contributed by atoms with van der Waals surface area (Å²) in [5.74, 6) is -0.616. The first kappa shape index (κ1) is 13.4. The molecule has 1 aliphatic rings. The minimum absolute atomic E-state index is 0.0192. The molecule has 0 aromatic carbocycles. The number of nitrogens with one attached hydrogen (secondary N) is 1. The molecule has 94 valence electrons. The zero-order chi connectivity index (χ0) is 12.0. The second kappa shape index (κ2) is 6.17. The monoisotopic (exact) mass is 251 g/mol. The molecule has 6 nitrogen and oxygen atoms in total. The fourth-order valence-corrected chi connectivity index (χ4v) is 2.53. The number of hydrogen-bond donors (Lipinski definition) is 1. The lowest BCUT2D eigenvalue weighted by Gasteiger charge is -2.09. The maximum atomic E-state index is 11.4. The molecule has 0 amide bonds. The van der Waals surface area contributed by atoms with Gasteiger partial charge in [-0.2, -0.15) is 0 Å². The van der Waals surface area contributed by atoms with Crippen molar-refractivity contribution in [3.05, 3.63) is 0 Å². The van der Waals surface area contributed by atoms with Crippen LogP contribution in [0.5, 0.6) is 0 Å². The van der Waals surface area contributed by atoms with Gasteiger partial charge in [0, 0.05) is 6.61 Å². The summed E-state index contributed by atoms with van der Waals surface area (Å²) in [7, 11) is -2.19. The summed E-state index contributed by atoms with van der Waals surface area (Å²) >= 11 is 0. The lowest BCUT2D eigenvalue weighted by Crippen LogP contribution is -2.33. The molecule has 0 aliphatic carbocycles. The van der Waals surface area contributed by atoms with Crippen molar-refractivity contribution in [1.29, 1.82) is 0 Å². The SMILES string of the molecule is COC(=O)CNS(=O)(=O)CC[C@@H]1CCCO1. The maximum Gasteiger partial charge on any atom is 0.320 e. The van der Waals surface area contributed by atoms with E-state index in [1.807, 2.05) is 0 Å². The van der Waals surface area contributed by atoms with Gasteiger partial charge in [-0.3, -0.25) is 4.79 Å². The number of rotatable bonds is 6. The lowest BCUT2D eigenvalue weighted by atomic mass is 10.2. The van der Waals surface area contributed by atoms with Crippen LogP contribution in [0.2, 0.25) is 0 Å². The first-order valence-corrected chi connectivity index (χ1v) is 6.84. The van der Waals surface area contributed by atoms with Crippen LogP contribution in [0, 0.1) is 0 Å². The van der Waals surface area contributed by atoms with Gasteiger partial charge in [-0.1, -0.05) is 0 Å². The van der Waals surface area contributed by atoms with Gasteiger partial charge in [-0.15, -0.1) is 0 Å². The summed E-state index contributed by atoms with van der Waals surface area (Å²) in [5, 5.41) is 0. The first-order valence-electron chi connectivity index (χ1n) is 5.19. The average Bonchev–Trinajstić information content (AvgIpc) is 2.76. The minimum atomic E-state index is -3.41. The fraction of sp³-hybridized carbons (Fsp3) is 0.889. The van der Waals surface area contributed by atoms with Gasteiger partial charge >= 0.3 is 5.97 Å². The second-order valence-corrected chi connectivity index (χ2v) is 5.57. The summed E-state index contributed by atoms with van der Waals surface area (Å²) < 4.78 is 34.7. The van der Waals surface area contributed by atoms with Crippen LogP contribution in [0.1, 0.15) is 19.3 Å². The van der Waals surface area contributed by atoms with E-state index in [0.29, 0.717) is 13.0 Å². The molecule has 0 aromatic rings. The Balaban J connectivity index is 2.25. The Bertz CT molecular complexity index is 321. The van der Waals surface area contributed by atoms with Gasteiger partial charge < -0.3 is 9.47 Å². The van der Waals surface area contributed by atoms with Crippen LogP contribution < -0.4 is 4.72 Å². The number of sulfonamides is 1. The van der Waals surface area contributed by atoms with Crippen molar-refractivity contribution in [2.45, 2.75) is 25.4 Å². The molecule has 1 N–H and O–H groups in total. The highest BCUT2D eigenvalue weighted by Gasteiger charge is 2.19. The standard InChI is InChI=1S/C9H17NO5S/c1-14-9(11)7-10-16(12,13)6-4-8-3-2-5-15-8/h8,10H,2-7H2,1H3/t8-/m0/s1. The van der Waals surface area contributed by atoms with Crippen molar-refractivity contribution in [3.8, 4) is 0 Å². The summed E-state index contributed by atoms with van der Waals surface area (Å²) in [5.41, 5.74) is 0. The molecule has 1 saturated heterocycles. The maximum absolute atomic E-state index is 11.4. The van der Waals surface area contributed by atoms with Crippen LogP contribution in [0.15, 0.2) is 0 Å². The highest BCUT2D eigenvalue weighted by atomic mass is 32.2. The van der Waals surface area contributed by atoms with Crippen molar-refractivity contribution in [1.82, 2.24) is 4.72 Å². The highest BCUT2D eigenvalue weighted by molar-refractivity contribution is 7.89. The molecule has 0 radical (unpaired) electrons. The van der Waals surface area contributed by atoms with Crippen molar-refractivity contribution >= 4 is 16.0 Å². The van der Waals surface area contributed by atoms with E-state index >= 15 is 0 Å². The topological polar surface area (TPSA) is 81.7 Å². The van der Waals surface area contributed by atoms with Gasteiger partial charge in [0.25, 0.3) is 0 Å². The number of carbonyl (C=O) groups is 1. The zero-order valence-corrected chi connectivity index (χ0v) is 10.1. The second-order valence-electron chi connectivity index (χ2n) is 3.64. The van der Waals surface area contributed by atoms with Crippen molar-refractivity contribution in [2.75, 3.05) is 26.0 Å². The molecule has 1 aliphatic heterocycles. The average molecular weight is 251 g/mol. The molecule has 7 heteroatoms. The van der Waals surface area contributed by atoms with Gasteiger partial charge in [0.1, 0.15) is 6.54 Å². The third-order valence-corrected chi connectivity index (χ3v) is 3.75. The summed E-state index contributed by atoms with van der Waals surface area (Å²) in [6, 6.07) is 0. The van der Waals surface area contributed by atoms with E-state index in [-0.39, 0.29) is 18.4 Å². The van der Waals surface area contributed by atoms with Crippen LogP contribution in [0.25, 0.3) is 0 Å². The van der Waals surface area contributed by atoms with Crippen LogP contribution in [-0.2, 0) is 24.3 Å². The summed E-state index contributed by atoms with van der Waals surface area (Å²) in [4.78, 5) is 10.7. The van der Waals surface area contributed by atoms with Crippen LogP contribution >= 0.6 is 0 Å². The van der Waals surface area contributed by atoms with Crippen molar-refractivity contribution < 1.29 is 22.7 Å². The van der Waals surface area contributed by atoms with E-state index in [0.717, 1.165) is 12.8 Å². The van der Waals surface area contributed by atoms with E-state index in [2.05, 4.69) is 9.46 Å². The lowest BCUT2D eigenvalue weighted by molar-refractivity contribution is -0.139. The third kappa shape index (κ3) is 4.91. The molecule has 0 aromatic heterocycles. The molecule has 0 spiro atoms. The Morgan fingerprint density at radius 2 is 2.31 bits per heavy atom. The minimum Gasteiger partial charge on any atom is -0.468 e. The highest BCUT2D eigenvalue weighted by Crippen LogP contribution is 2.15. The molecule has 1 fully saturated rings. The fourth-order valence-electron chi connectivity index (χ4n) is 1.47. The molecule has 0 unspecified atom stereocenters. The number of methoxy groups -OCH3 is 1. The quantitative estimate of drug-likeness (QED) is 0.652. The normalized spacial score (nSPS) is 20.9. The van der Waals surface area contributed by atoms with E-state index in [1.165, 1.54) is 7.11 Å². The molecule has 0 saturated carbocycles. The van der Waals surface area contributed by atoms with Crippen LogP contribution in [-0.4, -0.2) is 46.5 Å². The Kier molecular flexibility index (Phi) is 5.17. The van der Waals surface area contributed by atoms with Crippen LogP contribution in [0.4, 0.5) is 0 Å². The predicted molar refractivity (Wildman–Crippen MR) is 57.4 cm³/mol. The summed E-state index contributed by atoms with van der Waals surface area (Å²) in [6.07, 6.45) is 2.40. The van der Waals surface area contributed by atoms with Gasteiger partial charge in [-0.25, -0.2) is 13.1 Å². The van der Waals surface area contributed by atoms with E-state index in [1.54, 1.807) is 0 Å². The number of ether oxygens (including phenoxy) is 2. The number of carbonyl (C=O) groups excluding carboxylic acids is 1. The molecular weight excluding hydrogens is 234 g/mol. The molecule has 1 heterocycles. The molecule has 1 atom stereocenters. The number of esters is 1. The molecule has 16 heavy (non-hydrogen) atoms. The third-order valence-electron chi connectivity index (χ3n) is 2.40. The smallest absolute Gasteiger partial charge is 0.320 e. The Hall–Kier alpha value is -0.660. The van der Waals surface area contributed by atoms with Crippen LogP contribution in [0.3, 0.4) is 0 Å². The van der Waals surface area contributed by atoms with E-state index in [9.17, 15) is 13.2 Å². The van der Waals surface area contributed by atoms with Gasteiger partial charge in [0.05, 0.1) is 19.0 Å². The molecule has 1 rings (SSSR count). The molecular formula is C9H17NO5S. The van der Waals surface area contributed by atoms with Gasteiger partial charge in [-0.05, 0) is 19.3 Å². The Labute approximate surface area is 95.4 Å². The zero-order valence-electron chi connectivity index (χ0n) is 9.27. The summed E-state index contributed by atoms with van der Waals surface area (Å²) in [6.45, 7) is 0.394. The first-order chi connectivity index (χ1) is 7.53. The Morgan fingerprint density at radius 3 is 2.88 bits per heavy atom. The van der Waals surface area contributed by atoms with Gasteiger partial charge in [0.2, 0.25) is 10.0 Å². The largest absolute Gasteiger partial charge is 0.468 e. The van der Waals surface area contributed by atoms with Gasteiger partial charge in [0.15, 0.2) is 0 Å². The van der Waals surface area contributed by atoms with E-state index < -0.39 is 16.0 Å². The predicted octanol–water partition coefficient (Wildman–Crippen LogP) is -0.352. The number of hydrogen-bond acceptors (Lipinski definition) is 5. The van der Waals surface area contributed by atoms with Crippen molar-refractivity contribution in [3.63, 3.8) is 0 Å². The Morgan fingerprint density at radius 1 is 1.56 bits per heavy atom. The van der Waals surface area contributed by atoms with E-state index in [4.69, 9.17) is 4.74 Å². The van der Waals surface area contributed by atoms with Crippen molar-refractivity contribution in [2.24, 2.45) is 0 Å².